The molecule has 112 valence electrons. The van der Waals surface area contributed by atoms with Crippen molar-refractivity contribution < 1.29 is 14.2 Å². The van der Waals surface area contributed by atoms with E-state index in [1.807, 2.05) is 42.5 Å². The smallest absolute Gasteiger partial charge is 0.170 e. The first-order chi connectivity index (χ1) is 10.8. The van der Waals surface area contributed by atoms with Gasteiger partial charge in [0.15, 0.2) is 11.5 Å². The van der Waals surface area contributed by atoms with E-state index in [0.29, 0.717) is 17.2 Å². The van der Waals surface area contributed by atoms with Crippen molar-refractivity contribution in [3.63, 3.8) is 0 Å². The van der Waals surface area contributed by atoms with Gasteiger partial charge in [-0.15, -0.1) is 0 Å². The normalized spacial score (nSPS) is 10.5. The lowest BCUT2D eigenvalue weighted by Crippen LogP contribution is -1.96. The van der Waals surface area contributed by atoms with Gasteiger partial charge in [0.1, 0.15) is 11.3 Å². The third-order valence-electron chi connectivity index (χ3n) is 3.57. The minimum absolute atomic E-state index is 0.626. The van der Waals surface area contributed by atoms with Crippen LogP contribution in [0.3, 0.4) is 0 Å². The van der Waals surface area contributed by atoms with Gasteiger partial charge in [-0.3, -0.25) is 0 Å². The maximum absolute atomic E-state index is 5.47. The number of fused-ring (bicyclic) bond motifs is 1. The van der Waals surface area contributed by atoms with Crippen molar-refractivity contribution in [2.45, 2.75) is 0 Å². The van der Waals surface area contributed by atoms with Gasteiger partial charge in [0.2, 0.25) is 0 Å². The molecule has 0 radical (unpaired) electrons. The lowest BCUT2D eigenvalue weighted by molar-refractivity contribution is 0.353. The van der Waals surface area contributed by atoms with Crippen LogP contribution in [-0.4, -0.2) is 26.3 Å². The van der Waals surface area contributed by atoms with Gasteiger partial charge in [0, 0.05) is 17.0 Å². The molecule has 2 aromatic carbocycles. The molecule has 22 heavy (non-hydrogen) atoms. The Kier molecular flexibility index (Phi) is 3.83. The van der Waals surface area contributed by atoms with Crippen LogP contribution < -0.4 is 14.2 Å². The molecule has 0 unspecified atom stereocenters. The Bertz CT molecular complexity index is 800. The van der Waals surface area contributed by atoms with E-state index in [1.165, 1.54) is 0 Å². The summed E-state index contributed by atoms with van der Waals surface area (Å²) in [6, 6.07) is 15.8. The van der Waals surface area contributed by atoms with Gasteiger partial charge in [-0.25, -0.2) is 4.98 Å². The number of methoxy groups -OCH3 is 3. The quantitative estimate of drug-likeness (QED) is 0.731. The van der Waals surface area contributed by atoms with Crippen LogP contribution in [0.5, 0.6) is 17.2 Å². The minimum Gasteiger partial charge on any atom is -0.494 e. The highest BCUT2D eigenvalue weighted by Gasteiger charge is 2.16. The summed E-state index contributed by atoms with van der Waals surface area (Å²) in [5, 5.41) is 0.860. The van der Waals surface area contributed by atoms with Crippen molar-refractivity contribution in [1.29, 1.82) is 0 Å². The summed E-state index contributed by atoms with van der Waals surface area (Å²) in [6.45, 7) is 0. The first-order valence-electron chi connectivity index (χ1n) is 6.93. The van der Waals surface area contributed by atoms with Crippen LogP contribution in [0.25, 0.3) is 22.2 Å². The molecule has 0 aliphatic rings. The molecule has 0 aliphatic heterocycles. The summed E-state index contributed by atoms with van der Waals surface area (Å²) < 4.78 is 16.3. The van der Waals surface area contributed by atoms with Crippen LogP contribution in [0.15, 0.2) is 48.5 Å². The summed E-state index contributed by atoms with van der Waals surface area (Å²) in [5.41, 5.74) is 2.70. The Balaban J connectivity index is 2.28. The van der Waals surface area contributed by atoms with Crippen molar-refractivity contribution in [2.75, 3.05) is 21.3 Å². The fourth-order valence-corrected chi connectivity index (χ4v) is 2.50. The van der Waals surface area contributed by atoms with Gasteiger partial charge in [-0.05, 0) is 12.1 Å². The predicted octanol–water partition coefficient (Wildman–Crippen LogP) is 3.93. The number of benzene rings is 2. The Hall–Kier alpha value is -2.75. The van der Waals surface area contributed by atoms with E-state index >= 15 is 0 Å². The summed E-state index contributed by atoms with van der Waals surface area (Å²) in [4.78, 5) is 4.74. The molecule has 0 spiro atoms. The standard InChI is InChI=1S/C18H17NO3/c1-20-15-11-16(21-2)18(22-3)13-9-10-14(19-17(13)15)12-7-5-4-6-8-12/h4-11H,1-3H3. The molecule has 0 saturated carbocycles. The number of hydrogen-bond donors (Lipinski definition) is 0. The van der Waals surface area contributed by atoms with Crippen molar-refractivity contribution in [3.05, 3.63) is 48.5 Å². The summed E-state index contributed by atoms with van der Waals surface area (Å²) >= 11 is 0. The zero-order valence-electron chi connectivity index (χ0n) is 12.8. The van der Waals surface area contributed by atoms with Crippen molar-refractivity contribution in [3.8, 4) is 28.5 Å². The van der Waals surface area contributed by atoms with E-state index in [2.05, 4.69) is 0 Å². The minimum atomic E-state index is 0.626. The third-order valence-corrected chi connectivity index (χ3v) is 3.57. The molecule has 1 heterocycles. The zero-order chi connectivity index (χ0) is 15.5. The van der Waals surface area contributed by atoms with Crippen LogP contribution in [-0.2, 0) is 0 Å². The average Bonchev–Trinajstić information content (AvgIpc) is 2.60. The molecule has 0 bridgehead atoms. The van der Waals surface area contributed by atoms with Crippen molar-refractivity contribution in [2.24, 2.45) is 0 Å². The maximum atomic E-state index is 5.47. The van der Waals surface area contributed by atoms with Crippen LogP contribution in [0.4, 0.5) is 0 Å². The molecule has 0 N–H and O–H groups in total. The van der Waals surface area contributed by atoms with Crippen LogP contribution in [0, 0.1) is 0 Å². The molecular formula is C18H17NO3. The number of nitrogens with zero attached hydrogens (tertiary/aromatic N) is 1. The topological polar surface area (TPSA) is 40.6 Å². The second kappa shape index (κ2) is 5.93. The van der Waals surface area contributed by atoms with E-state index in [0.717, 1.165) is 22.2 Å². The summed E-state index contributed by atoms with van der Waals surface area (Å²) in [7, 11) is 4.85. The average molecular weight is 295 g/mol. The molecule has 4 heteroatoms. The first kappa shape index (κ1) is 14.2. The van der Waals surface area contributed by atoms with E-state index in [9.17, 15) is 0 Å². The monoisotopic (exact) mass is 295 g/mol. The second-order valence-electron chi connectivity index (χ2n) is 4.77. The molecule has 0 fully saturated rings. The van der Waals surface area contributed by atoms with E-state index < -0.39 is 0 Å². The number of ether oxygens (including phenoxy) is 3. The predicted molar refractivity (Wildman–Crippen MR) is 86.8 cm³/mol. The van der Waals surface area contributed by atoms with Gasteiger partial charge in [-0.2, -0.15) is 0 Å². The SMILES string of the molecule is COc1cc(OC)c2nc(-c3ccccc3)ccc2c1OC. The van der Waals surface area contributed by atoms with Gasteiger partial charge >= 0.3 is 0 Å². The maximum Gasteiger partial charge on any atom is 0.170 e. The fraction of sp³-hybridized carbons (Fsp3) is 0.167. The molecule has 0 aliphatic carbocycles. The molecular weight excluding hydrogens is 278 g/mol. The molecule has 1 aromatic heterocycles. The largest absolute Gasteiger partial charge is 0.494 e. The second-order valence-corrected chi connectivity index (χ2v) is 4.77. The van der Waals surface area contributed by atoms with Gasteiger partial charge in [0.25, 0.3) is 0 Å². The van der Waals surface area contributed by atoms with Crippen molar-refractivity contribution >= 4 is 10.9 Å². The number of pyridine rings is 1. The Labute approximate surface area is 129 Å². The van der Waals surface area contributed by atoms with Crippen LogP contribution in [0.1, 0.15) is 0 Å². The number of hydrogen-bond acceptors (Lipinski definition) is 4. The summed E-state index contributed by atoms with van der Waals surface area (Å²) in [6.07, 6.45) is 0. The van der Waals surface area contributed by atoms with Crippen molar-refractivity contribution in [1.82, 2.24) is 4.98 Å². The van der Waals surface area contributed by atoms with Gasteiger partial charge in [-0.1, -0.05) is 30.3 Å². The number of aromatic nitrogens is 1. The Morgan fingerprint density at radius 3 is 2.14 bits per heavy atom. The van der Waals surface area contributed by atoms with E-state index in [1.54, 1.807) is 27.4 Å². The van der Waals surface area contributed by atoms with Crippen LogP contribution >= 0.6 is 0 Å². The third kappa shape index (κ3) is 2.33. The lowest BCUT2D eigenvalue weighted by Gasteiger charge is -2.14. The molecule has 3 aromatic rings. The van der Waals surface area contributed by atoms with Gasteiger partial charge in [0.05, 0.1) is 27.0 Å². The highest BCUT2D eigenvalue weighted by atomic mass is 16.5. The fourth-order valence-electron chi connectivity index (χ4n) is 2.50. The van der Waals surface area contributed by atoms with E-state index in [-0.39, 0.29) is 0 Å². The molecule has 3 rings (SSSR count). The Morgan fingerprint density at radius 2 is 1.50 bits per heavy atom. The number of rotatable bonds is 4. The van der Waals surface area contributed by atoms with E-state index in [4.69, 9.17) is 19.2 Å². The highest BCUT2D eigenvalue weighted by molar-refractivity contribution is 5.94. The molecule has 0 saturated heterocycles. The van der Waals surface area contributed by atoms with Gasteiger partial charge < -0.3 is 14.2 Å². The first-order valence-corrected chi connectivity index (χ1v) is 6.93. The highest BCUT2D eigenvalue weighted by Crippen LogP contribution is 2.41. The summed E-state index contributed by atoms with van der Waals surface area (Å²) in [5.74, 6) is 1.94. The molecule has 0 amide bonds. The molecule has 4 nitrogen and oxygen atoms in total. The lowest BCUT2D eigenvalue weighted by atomic mass is 10.1. The van der Waals surface area contributed by atoms with Crippen LogP contribution in [0.2, 0.25) is 0 Å². The Morgan fingerprint density at radius 1 is 0.773 bits per heavy atom. The molecule has 0 atom stereocenters. The zero-order valence-corrected chi connectivity index (χ0v) is 12.8.